The number of nitrogens with zero attached hydrogens (tertiary/aromatic N) is 2. The Hall–Kier alpha value is -1.79. The van der Waals surface area contributed by atoms with Gasteiger partial charge in [0.15, 0.2) is 0 Å². The van der Waals surface area contributed by atoms with Gasteiger partial charge in [0, 0.05) is 12.2 Å². The summed E-state index contributed by atoms with van der Waals surface area (Å²) in [5.41, 5.74) is 0.803. The summed E-state index contributed by atoms with van der Waals surface area (Å²) in [5.74, 6) is 0.416. The number of carbonyl (C=O) groups is 1. The second-order valence-corrected chi connectivity index (χ2v) is 6.33. The molecule has 2 aromatic heterocycles. The van der Waals surface area contributed by atoms with E-state index < -0.39 is 0 Å². The van der Waals surface area contributed by atoms with E-state index in [1.165, 1.54) is 11.3 Å². The fourth-order valence-corrected chi connectivity index (χ4v) is 3.25. The lowest BCUT2D eigenvalue weighted by Gasteiger charge is -2.29. The van der Waals surface area contributed by atoms with Crippen LogP contribution >= 0.6 is 11.3 Å². The zero-order chi connectivity index (χ0) is 14.7. The number of hydrogen-bond acceptors (Lipinski definition) is 5. The van der Waals surface area contributed by atoms with E-state index >= 15 is 0 Å². The fraction of sp³-hybridized carbons (Fsp3) is 0.400. The predicted molar refractivity (Wildman–Crippen MR) is 83.2 cm³/mol. The normalized spacial score (nSPS) is 22.0. The summed E-state index contributed by atoms with van der Waals surface area (Å²) in [4.78, 5) is 21.5. The van der Waals surface area contributed by atoms with Gasteiger partial charge < -0.3 is 10.6 Å². The minimum atomic E-state index is -0.0339. The number of thiazole rings is 1. The first-order valence-electron chi connectivity index (χ1n) is 7.13. The van der Waals surface area contributed by atoms with E-state index in [1.807, 2.05) is 18.2 Å². The minimum absolute atomic E-state index is 0.0339. The average Bonchev–Trinajstić information content (AvgIpc) is 3.00. The van der Waals surface area contributed by atoms with Crippen LogP contribution in [0.1, 0.15) is 23.0 Å². The zero-order valence-corrected chi connectivity index (χ0v) is 12.7. The molecule has 21 heavy (non-hydrogen) atoms. The molecule has 0 aliphatic carbocycles. The monoisotopic (exact) mass is 302 g/mol. The van der Waals surface area contributed by atoms with Crippen molar-refractivity contribution in [2.45, 2.75) is 19.4 Å². The summed E-state index contributed by atoms with van der Waals surface area (Å²) < 4.78 is 0. The third kappa shape index (κ3) is 3.28. The first kappa shape index (κ1) is 14.2. The second kappa shape index (κ2) is 6.32. The van der Waals surface area contributed by atoms with Crippen LogP contribution in [0, 0.1) is 5.92 Å². The van der Waals surface area contributed by atoms with Gasteiger partial charge in [-0.05, 0) is 37.6 Å². The predicted octanol–water partition coefficient (Wildman–Crippen LogP) is 1.93. The van der Waals surface area contributed by atoms with Gasteiger partial charge >= 0.3 is 0 Å². The molecule has 1 saturated heterocycles. The maximum Gasteiger partial charge on any atom is 0.263 e. The van der Waals surface area contributed by atoms with Crippen LogP contribution in [-0.2, 0) is 0 Å². The van der Waals surface area contributed by atoms with Gasteiger partial charge in [-0.15, -0.1) is 11.3 Å². The van der Waals surface area contributed by atoms with Crippen LogP contribution in [0.5, 0.6) is 0 Å². The van der Waals surface area contributed by atoms with Crippen molar-refractivity contribution in [1.82, 2.24) is 20.6 Å². The van der Waals surface area contributed by atoms with Gasteiger partial charge in [0.05, 0.1) is 11.9 Å². The molecule has 1 amide bonds. The van der Waals surface area contributed by atoms with Crippen LogP contribution in [0.25, 0.3) is 10.7 Å². The van der Waals surface area contributed by atoms with Crippen LogP contribution in [0.4, 0.5) is 0 Å². The molecular formula is C15H18N4OS. The molecule has 1 fully saturated rings. The highest BCUT2D eigenvalue weighted by Crippen LogP contribution is 2.23. The number of amides is 1. The molecule has 0 bridgehead atoms. The van der Waals surface area contributed by atoms with E-state index in [4.69, 9.17) is 0 Å². The highest BCUT2D eigenvalue weighted by atomic mass is 32.1. The van der Waals surface area contributed by atoms with Crippen molar-refractivity contribution in [3.8, 4) is 10.7 Å². The molecule has 0 radical (unpaired) electrons. The van der Waals surface area contributed by atoms with Crippen molar-refractivity contribution in [1.29, 1.82) is 0 Å². The molecule has 1 aliphatic heterocycles. The van der Waals surface area contributed by atoms with Gasteiger partial charge in [0.25, 0.3) is 5.91 Å². The van der Waals surface area contributed by atoms with Crippen molar-refractivity contribution < 1.29 is 4.79 Å². The number of rotatable bonds is 3. The average molecular weight is 302 g/mol. The Morgan fingerprint density at radius 2 is 2.33 bits per heavy atom. The number of carbonyl (C=O) groups excluding carboxylic acids is 1. The quantitative estimate of drug-likeness (QED) is 0.909. The summed E-state index contributed by atoms with van der Waals surface area (Å²) in [6.45, 7) is 4.06. The lowest BCUT2D eigenvalue weighted by molar-refractivity contribution is 0.0918. The molecular weight excluding hydrogens is 284 g/mol. The smallest absolute Gasteiger partial charge is 0.263 e. The Labute approximate surface area is 127 Å². The van der Waals surface area contributed by atoms with Crippen LogP contribution in [-0.4, -0.2) is 35.0 Å². The molecule has 0 spiro atoms. The third-order valence-electron chi connectivity index (χ3n) is 3.72. The molecule has 2 aromatic rings. The lowest BCUT2D eigenvalue weighted by atomic mass is 9.95. The summed E-state index contributed by atoms with van der Waals surface area (Å²) in [5, 5.41) is 7.23. The highest BCUT2D eigenvalue weighted by molar-refractivity contribution is 7.16. The number of aromatic nitrogens is 2. The maximum absolute atomic E-state index is 12.3. The molecule has 0 saturated carbocycles. The van der Waals surface area contributed by atoms with Crippen molar-refractivity contribution in [3.63, 3.8) is 0 Å². The van der Waals surface area contributed by atoms with E-state index in [0.29, 0.717) is 10.8 Å². The number of piperidine rings is 1. The summed E-state index contributed by atoms with van der Waals surface area (Å²) in [7, 11) is 0. The molecule has 1 aliphatic rings. The second-order valence-electron chi connectivity index (χ2n) is 5.29. The van der Waals surface area contributed by atoms with Gasteiger partial charge in [-0.25, -0.2) is 4.98 Å². The number of nitrogens with one attached hydrogen (secondary N) is 2. The Kier molecular flexibility index (Phi) is 4.26. The Morgan fingerprint density at radius 3 is 3.10 bits per heavy atom. The molecule has 2 N–H and O–H groups in total. The maximum atomic E-state index is 12.3. The zero-order valence-electron chi connectivity index (χ0n) is 11.9. The standard InChI is InChI=1S/C15H18N4OS/c1-10-8-16-7-5-11(10)19-14(20)13-9-18-15(21-13)12-4-2-3-6-17-12/h2-4,6,9-11,16H,5,7-8H2,1H3,(H,19,20). The summed E-state index contributed by atoms with van der Waals surface area (Å²) in [6, 6.07) is 5.91. The van der Waals surface area contributed by atoms with E-state index in [2.05, 4.69) is 27.5 Å². The van der Waals surface area contributed by atoms with Crippen molar-refractivity contribution in [2.75, 3.05) is 13.1 Å². The molecule has 3 heterocycles. The third-order valence-corrected chi connectivity index (χ3v) is 4.73. The fourth-order valence-electron chi connectivity index (χ4n) is 2.45. The van der Waals surface area contributed by atoms with Crippen molar-refractivity contribution >= 4 is 17.2 Å². The molecule has 110 valence electrons. The Bertz CT molecular complexity index is 613. The molecule has 3 rings (SSSR count). The highest BCUT2D eigenvalue weighted by Gasteiger charge is 2.24. The van der Waals surface area contributed by atoms with E-state index in [0.717, 1.165) is 30.2 Å². The van der Waals surface area contributed by atoms with E-state index in [9.17, 15) is 4.79 Å². The van der Waals surface area contributed by atoms with Gasteiger partial charge in [-0.1, -0.05) is 13.0 Å². The largest absolute Gasteiger partial charge is 0.348 e. The minimum Gasteiger partial charge on any atom is -0.348 e. The summed E-state index contributed by atoms with van der Waals surface area (Å²) >= 11 is 1.38. The molecule has 5 nitrogen and oxygen atoms in total. The first-order chi connectivity index (χ1) is 10.2. The number of hydrogen-bond donors (Lipinski definition) is 2. The Morgan fingerprint density at radius 1 is 1.43 bits per heavy atom. The van der Waals surface area contributed by atoms with Crippen LogP contribution < -0.4 is 10.6 Å². The Balaban J connectivity index is 1.69. The molecule has 0 aromatic carbocycles. The molecule has 2 unspecified atom stereocenters. The topological polar surface area (TPSA) is 66.9 Å². The van der Waals surface area contributed by atoms with E-state index in [-0.39, 0.29) is 11.9 Å². The van der Waals surface area contributed by atoms with Gasteiger partial charge in [-0.3, -0.25) is 9.78 Å². The van der Waals surface area contributed by atoms with Crippen LogP contribution in [0.3, 0.4) is 0 Å². The van der Waals surface area contributed by atoms with Gasteiger partial charge in [0.2, 0.25) is 0 Å². The van der Waals surface area contributed by atoms with E-state index in [1.54, 1.807) is 12.4 Å². The molecule has 6 heteroatoms. The van der Waals surface area contributed by atoms with Crippen molar-refractivity contribution in [2.24, 2.45) is 5.92 Å². The van der Waals surface area contributed by atoms with Gasteiger partial charge in [0.1, 0.15) is 9.88 Å². The van der Waals surface area contributed by atoms with Gasteiger partial charge in [-0.2, -0.15) is 0 Å². The van der Waals surface area contributed by atoms with Crippen molar-refractivity contribution in [3.05, 3.63) is 35.5 Å². The van der Waals surface area contributed by atoms with Crippen LogP contribution in [0.15, 0.2) is 30.6 Å². The SMILES string of the molecule is CC1CNCCC1NC(=O)c1cnc(-c2ccccn2)s1. The molecule has 2 atom stereocenters. The lowest BCUT2D eigenvalue weighted by Crippen LogP contribution is -2.48. The first-order valence-corrected chi connectivity index (χ1v) is 7.94. The van der Waals surface area contributed by atoms with Crippen LogP contribution in [0.2, 0.25) is 0 Å². The summed E-state index contributed by atoms with van der Waals surface area (Å²) in [6.07, 6.45) is 4.34. The number of pyridine rings is 1.